The smallest absolute Gasteiger partial charge is 0.348 e. The van der Waals surface area contributed by atoms with Crippen LogP contribution in [-0.2, 0) is 4.74 Å². The molecule has 1 aliphatic heterocycles. The molecule has 0 amide bonds. The second kappa shape index (κ2) is 8.47. The van der Waals surface area contributed by atoms with E-state index in [1.807, 2.05) is 6.92 Å². The van der Waals surface area contributed by atoms with Gasteiger partial charge in [0.1, 0.15) is 27.7 Å². The first-order valence-electron chi connectivity index (χ1n) is 9.95. The largest absolute Gasteiger partial charge is 0.462 e. The lowest BCUT2D eigenvalue weighted by Crippen LogP contribution is -2.37. The molecule has 1 aromatic carbocycles. The van der Waals surface area contributed by atoms with E-state index in [1.54, 1.807) is 19.1 Å². The van der Waals surface area contributed by atoms with Crippen molar-refractivity contribution in [2.24, 2.45) is 5.92 Å². The van der Waals surface area contributed by atoms with E-state index in [-0.39, 0.29) is 23.5 Å². The molecule has 0 saturated carbocycles. The molecular weight excluding hydrogens is 405 g/mol. The number of nitrogens with zero attached hydrogens (tertiary/aromatic N) is 3. The maximum atomic E-state index is 13.1. The van der Waals surface area contributed by atoms with Crippen molar-refractivity contribution in [3.05, 3.63) is 52.4 Å². The molecule has 0 radical (unpaired) electrons. The second-order valence-electron chi connectivity index (χ2n) is 7.29. The monoisotopic (exact) mass is 427 g/mol. The van der Waals surface area contributed by atoms with E-state index < -0.39 is 0 Å². The van der Waals surface area contributed by atoms with Crippen LogP contribution in [0.2, 0.25) is 0 Å². The summed E-state index contributed by atoms with van der Waals surface area (Å²) < 4.78 is 18.3. The number of thiophene rings is 1. The van der Waals surface area contributed by atoms with Crippen molar-refractivity contribution in [1.29, 1.82) is 0 Å². The molecular formula is C22H22FN3O3S. The summed E-state index contributed by atoms with van der Waals surface area (Å²) in [4.78, 5) is 37.3. The van der Waals surface area contributed by atoms with Crippen LogP contribution in [0.3, 0.4) is 0 Å². The van der Waals surface area contributed by atoms with Crippen LogP contribution in [0, 0.1) is 18.7 Å². The van der Waals surface area contributed by atoms with Crippen LogP contribution in [0.5, 0.6) is 0 Å². The third-order valence-corrected chi connectivity index (χ3v) is 6.64. The number of benzene rings is 1. The van der Waals surface area contributed by atoms with Crippen LogP contribution in [0.25, 0.3) is 10.2 Å². The summed E-state index contributed by atoms with van der Waals surface area (Å²) in [5.74, 6) is 0.0634. The highest BCUT2D eigenvalue weighted by Crippen LogP contribution is 2.36. The number of piperidine rings is 1. The molecule has 0 bridgehead atoms. The minimum absolute atomic E-state index is 0.0544. The highest BCUT2D eigenvalue weighted by Gasteiger charge is 2.29. The number of aromatic nitrogens is 2. The number of aryl methyl sites for hydroxylation is 1. The topological polar surface area (TPSA) is 72.4 Å². The van der Waals surface area contributed by atoms with Gasteiger partial charge in [-0.2, -0.15) is 0 Å². The van der Waals surface area contributed by atoms with Crippen molar-refractivity contribution < 1.29 is 18.7 Å². The third-order valence-electron chi connectivity index (χ3n) is 5.46. The Morgan fingerprint density at radius 2 is 1.90 bits per heavy atom. The van der Waals surface area contributed by atoms with Gasteiger partial charge < -0.3 is 9.64 Å². The number of ketones is 1. The molecule has 30 heavy (non-hydrogen) atoms. The summed E-state index contributed by atoms with van der Waals surface area (Å²) in [6.45, 7) is 5.34. The van der Waals surface area contributed by atoms with Crippen molar-refractivity contribution in [3.63, 3.8) is 0 Å². The minimum Gasteiger partial charge on any atom is -0.462 e. The molecule has 156 valence electrons. The zero-order valence-electron chi connectivity index (χ0n) is 16.9. The highest BCUT2D eigenvalue weighted by atomic mass is 32.1. The fourth-order valence-corrected chi connectivity index (χ4v) is 4.92. The Kier molecular flexibility index (Phi) is 5.76. The van der Waals surface area contributed by atoms with Crippen molar-refractivity contribution in [2.45, 2.75) is 26.7 Å². The molecule has 8 heteroatoms. The van der Waals surface area contributed by atoms with Crippen LogP contribution in [0.1, 0.15) is 45.4 Å². The van der Waals surface area contributed by atoms with Crippen molar-refractivity contribution >= 4 is 39.1 Å². The number of carbonyl (C=O) groups is 2. The average molecular weight is 428 g/mol. The van der Waals surface area contributed by atoms with Gasteiger partial charge in [0.25, 0.3) is 0 Å². The number of rotatable bonds is 5. The number of esters is 1. The predicted molar refractivity (Wildman–Crippen MR) is 114 cm³/mol. The van der Waals surface area contributed by atoms with Gasteiger partial charge in [0.2, 0.25) is 0 Å². The summed E-state index contributed by atoms with van der Waals surface area (Å²) >= 11 is 1.32. The Labute approximate surface area is 177 Å². The van der Waals surface area contributed by atoms with E-state index in [0.29, 0.717) is 43.0 Å². The van der Waals surface area contributed by atoms with Crippen LogP contribution in [-0.4, -0.2) is 41.4 Å². The predicted octanol–water partition coefficient (Wildman–Crippen LogP) is 4.41. The van der Waals surface area contributed by atoms with E-state index in [2.05, 4.69) is 14.9 Å². The number of carbonyl (C=O) groups excluding carboxylic acids is 2. The fraction of sp³-hybridized carbons (Fsp3) is 0.364. The zero-order valence-corrected chi connectivity index (χ0v) is 17.7. The lowest BCUT2D eigenvalue weighted by molar-refractivity contribution is 0.0531. The summed E-state index contributed by atoms with van der Waals surface area (Å²) in [5, 5.41) is 0.869. The van der Waals surface area contributed by atoms with Crippen LogP contribution in [0.4, 0.5) is 10.2 Å². The number of Topliss-reactive ketones (excluding diaryl/α,β-unsaturated/α-hetero) is 1. The van der Waals surface area contributed by atoms with Crippen LogP contribution < -0.4 is 4.90 Å². The van der Waals surface area contributed by atoms with Gasteiger partial charge in [0.15, 0.2) is 5.78 Å². The molecule has 0 N–H and O–H groups in total. The lowest BCUT2D eigenvalue weighted by Gasteiger charge is -2.32. The fourth-order valence-electron chi connectivity index (χ4n) is 3.89. The van der Waals surface area contributed by atoms with E-state index >= 15 is 0 Å². The Balaban J connectivity index is 1.54. The minimum atomic E-state index is -0.345. The maximum absolute atomic E-state index is 13.1. The molecule has 6 nitrogen and oxygen atoms in total. The number of ether oxygens (including phenoxy) is 1. The van der Waals surface area contributed by atoms with Gasteiger partial charge in [0, 0.05) is 24.6 Å². The molecule has 3 heterocycles. The van der Waals surface area contributed by atoms with Gasteiger partial charge in [-0.25, -0.2) is 19.2 Å². The molecule has 0 unspecified atom stereocenters. The zero-order chi connectivity index (χ0) is 21.3. The molecule has 4 rings (SSSR count). The summed E-state index contributed by atoms with van der Waals surface area (Å²) in [6, 6.07) is 5.73. The van der Waals surface area contributed by atoms with Gasteiger partial charge >= 0.3 is 5.97 Å². The summed E-state index contributed by atoms with van der Waals surface area (Å²) in [6.07, 6.45) is 2.89. The molecule has 1 aliphatic rings. The van der Waals surface area contributed by atoms with E-state index in [1.165, 1.54) is 29.8 Å². The van der Waals surface area contributed by atoms with E-state index in [4.69, 9.17) is 4.74 Å². The van der Waals surface area contributed by atoms with Crippen LogP contribution >= 0.6 is 11.3 Å². The number of hydrogen-bond acceptors (Lipinski definition) is 7. The number of hydrogen-bond donors (Lipinski definition) is 0. The van der Waals surface area contributed by atoms with Gasteiger partial charge in [-0.1, -0.05) is 0 Å². The molecule has 0 spiro atoms. The van der Waals surface area contributed by atoms with Crippen molar-refractivity contribution in [2.75, 3.05) is 24.6 Å². The molecule has 3 aromatic rings. The summed E-state index contributed by atoms with van der Waals surface area (Å²) in [7, 11) is 0. The first kappa shape index (κ1) is 20.4. The number of anilines is 1. The molecule has 0 aliphatic carbocycles. The number of fused-ring (bicyclic) bond motifs is 1. The first-order valence-corrected chi connectivity index (χ1v) is 10.8. The van der Waals surface area contributed by atoms with Gasteiger partial charge in [-0.3, -0.25) is 4.79 Å². The normalized spacial score (nSPS) is 14.8. The number of halogens is 1. The third kappa shape index (κ3) is 3.79. The van der Waals surface area contributed by atoms with Gasteiger partial charge in [-0.15, -0.1) is 11.3 Å². The molecule has 1 saturated heterocycles. The average Bonchev–Trinajstić information content (AvgIpc) is 3.11. The quantitative estimate of drug-likeness (QED) is 0.444. The first-order chi connectivity index (χ1) is 14.5. The summed E-state index contributed by atoms with van der Waals surface area (Å²) in [5.41, 5.74) is 1.38. The lowest BCUT2D eigenvalue weighted by atomic mass is 9.89. The Bertz CT molecular complexity index is 1090. The van der Waals surface area contributed by atoms with Gasteiger partial charge in [0.05, 0.1) is 12.0 Å². The van der Waals surface area contributed by atoms with Crippen molar-refractivity contribution in [1.82, 2.24) is 9.97 Å². The van der Waals surface area contributed by atoms with Gasteiger partial charge in [-0.05, 0) is 56.5 Å². The van der Waals surface area contributed by atoms with Crippen molar-refractivity contribution in [3.8, 4) is 0 Å². The second-order valence-corrected chi connectivity index (χ2v) is 8.29. The maximum Gasteiger partial charge on any atom is 0.348 e. The molecule has 2 aromatic heterocycles. The molecule has 1 fully saturated rings. The Morgan fingerprint density at radius 3 is 2.57 bits per heavy atom. The standard InChI is InChI=1S/C22H22FN3O3S/c1-3-29-22(28)19-13(2)17-20(24-12-25-21(17)30-19)26-10-8-15(9-11-26)18(27)14-4-6-16(23)7-5-14/h4-7,12,15H,3,8-11H2,1-2H3. The SMILES string of the molecule is CCOC(=O)c1sc2ncnc(N3CCC(C(=O)c4ccc(F)cc4)CC3)c2c1C. The Hall–Kier alpha value is -2.87. The van der Waals surface area contributed by atoms with E-state index in [9.17, 15) is 14.0 Å². The highest BCUT2D eigenvalue weighted by molar-refractivity contribution is 7.20. The van der Waals surface area contributed by atoms with Crippen LogP contribution in [0.15, 0.2) is 30.6 Å². The Morgan fingerprint density at radius 1 is 1.20 bits per heavy atom. The van der Waals surface area contributed by atoms with E-state index in [0.717, 1.165) is 21.6 Å². The molecule has 0 atom stereocenters.